The number of carbonyl (C=O) groups excluding carboxylic acids is 1. The van der Waals surface area contributed by atoms with Crippen molar-refractivity contribution in [3.05, 3.63) is 76.8 Å². The first-order valence-electron chi connectivity index (χ1n) is 11.7. The average Bonchev–Trinajstić information content (AvgIpc) is 2.89. The van der Waals surface area contributed by atoms with E-state index in [0.717, 1.165) is 4.68 Å². The largest absolute Gasteiger partial charge is 0.494 e. The molecular formula is C27H25FN4O7. The van der Waals surface area contributed by atoms with E-state index in [9.17, 15) is 29.3 Å². The molecule has 3 N–H and O–H groups in total. The van der Waals surface area contributed by atoms with E-state index in [0.29, 0.717) is 29.0 Å². The van der Waals surface area contributed by atoms with E-state index < -0.39 is 29.9 Å². The molecule has 3 aromatic carbocycles. The second-order valence-electron chi connectivity index (χ2n) is 8.31. The van der Waals surface area contributed by atoms with Crippen LogP contribution in [0.3, 0.4) is 0 Å². The van der Waals surface area contributed by atoms with Crippen molar-refractivity contribution >= 4 is 34.8 Å². The molecular weight excluding hydrogens is 511 g/mol. The number of aromatic nitrogens is 2. The van der Waals surface area contributed by atoms with Crippen molar-refractivity contribution < 1.29 is 34.0 Å². The summed E-state index contributed by atoms with van der Waals surface area (Å²) < 4.78 is 25.5. The van der Waals surface area contributed by atoms with Crippen LogP contribution in [0.2, 0.25) is 0 Å². The van der Waals surface area contributed by atoms with Crippen molar-refractivity contribution in [2.75, 3.05) is 18.6 Å². The number of ether oxygens (including phenoxy) is 2. The number of anilines is 1. The molecule has 1 heterocycles. The molecule has 202 valence electrons. The lowest BCUT2D eigenvalue weighted by Gasteiger charge is -2.30. The Hall–Kier alpha value is -4.65. The minimum Gasteiger partial charge on any atom is -0.494 e. The summed E-state index contributed by atoms with van der Waals surface area (Å²) in [4.78, 5) is 30.8. The summed E-state index contributed by atoms with van der Waals surface area (Å²) in [5.74, 6) is -1.14. The fourth-order valence-corrected chi connectivity index (χ4v) is 4.10. The van der Waals surface area contributed by atoms with Crippen LogP contribution in [0, 0.1) is 5.82 Å². The molecule has 0 spiro atoms. The molecule has 0 aliphatic rings. The van der Waals surface area contributed by atoms with E-state index in [1.54, 1.807) is 25.1 Å². The van der Waals surface area contributed by atoms with Gasteiger partial charge in [0.2, 0.25) is 0 Å². The Bertz CT molecular complexity index is 1610. The molecule has 1 amide bonds. The summed E-state index contributed by atoms with van der Waals surface area (Å²) in [5, 5.41) is 34.9. The number of rotatable bonds is 9. The van der Waals surface area contributed by atoms with Gasteiger partial charge < -0.3 is 24.8 Å². The lowest BCUT2D eigenvalue weighted by Crippen LogP contribution is -2.54. The van der Waals surface area contributed by atoms with Crippen LogP contribution in [0.1, 0.15) is 6.92 Å². The van der Waals surface area contributed by atoms with Gasteiger partial charge in [-0.1, -0.05) is 12.1 Å². The third-order valence-corrected chi connectivity index (χ3v) is 5.77. The summed E-state index contributed by atoms with van der Waals surface area (Å²) in [6.45, 7) is 4.69. The van der Waals surface area contributed by atoms with E-state index >= 15 is 0 Å². The predicted octanol–water partition coefficient (Wildman–Crippen LogP) is 2.56. The van der Waals surface area contributed by atoms with Gasteiger partial charge in [0, 0.05) is 17.0 Å². The van der Waals surface area contributed by atoms with Crippen LogP contribution >= 0.6 is 0 Å². The number of halogens is 1. The normalized spacial score (nSPS) is 11.3. The first-order valence-corrected chi connectivity index (χ1v) is 11.7. The van der Waals surface area contributed by atoms with Crippen molar-refractivity contribution in [1.29, 1.82) is 0 Å². The van der Waals surface area contributed by atoms with E-state index in [2.05, 4.69) is 16.8 Å². The standard InChI is InChI=1S/C27H25FN4O7/c1-4-39-19-9-10-20-21(14-19)26(34)31(30-25(20)16-6-5-7-17(28)12-16)15-24(33)32(27(35,36)37)18-8-11-22(29-2)23(13-18)38-3/h5-14,35-37H,2,4,15H2,1,3H3. The molecule has 0 radical (unpaired) electrons. The maximum Gasteiger partial charge on any atom is 0.376 e. The van der Waals surface area contributed by atoms with E-state index in [-0.39, 0.29) is 27.4 Å². The summed E-state index contributed by atoms with van der Waals surface area (Å²) in [6, 6.07) is 14.1. The Kier molecular flexibility index (Phi) is 7.72. The molecule has 0 saturated heterocycles. The smallest absolute Gasteiger partial charge is 0.376 e. The summed E-state index contributed by atoms with van der Waals surface area (Å²) in [7, 11) is 1.33. The number of aliphatic imine (C=N–C) groups is 1. The third kappa shape index (κ3) is 5.62. The summed E-state index contributed by atoms with van der Waals surface area (Å²) >= 11 is 0. The molecule has 0 unspecified atom stereocenters. The molecule has 4 rings (SSSR count). The highest BCUT2D eigenvalue weighted by molar-refractivity contribution is 5.96. The number of benzene rings is 3. The van der Waals surface area contributed by atoms with Crippen LogP contribution in [0.4, 0.5) is 15.8 Å². The Morgan fingerprint density at radius 2 is 1.90 bits per heavy atom. The van der Waals surface area contributed by atoms with E-state index in [1.165, 1.54) is 49.6 Å². The van der Waals surface area contributed by atoms with Gasteiger partial charge in [-0.15, -0.1) is 0 Å². The Balaban J connectivity index is 1.86. The number of methoxy groups -OCH3 is 1. The molecule has 0 aliphatic heterocycles. The second-order valence-corrected chi connectivity index (χ2v) is 8.31. The summed E-state index contributed by atoms with van der Waals surface area (Å²) in [6.07, 6.45) is -3.65. The number of fused-ring (bicyclic) bond motifs is 1. The molecule has 0 saturated carbocycles. The minimum atomic E-state index is -3.65. The monoisotopic (exact) mass is 536 g/mol. The number of nitrogens with zero attached hydrogens (tertiary/aromatic N) is 4. The molecule has 0 bridgehead atoms. The maximum absolute atomic E-state index is 14.1. The Morgan fingerprint density at radius 1 is 1.13 bits per heavy atom. The second kappa shape index (κ2) is 11.0. The van der Waals surface area contributed by atoms with Crippen LogP contribution in [-0.4, -0.2) is 57.5 Å². The van der Waals surface area contributed by atoms with Crippen molar-refractivity contribution in [3.8, 4) is 22.8 Å². The zero-order valence-electron chi connectivity index (χ0n) is 21.0. The van der Waals surface area contributed by atoms with E-state index in [1.807, 2.05) is 0 Å². The first kappa shape index (κ1) is 27.4. The number of carbonyl (C=O) groups is 1. The molecule has 0 atom stereocenters. The fourth-order valence-electron chi connectivity index (χ4n) is 4.10. The lowest BCUT2D eigenvalue weighted by atomic mass is 10.0. The third-order valence-electron chi connectivity index (χ3n) is 5.77. The van der Waals surface area contributed by atoms with Gasteiger partial charge in [0.05, 0.1) is 30.5 Å². The molecule has 39 heavy (non-hydrogen) atoms. The zero-order chi connectivity index (χ0) is 28.3. The van der Waals surface area contributed by atoms with Crippen LogP contribution in [0.15, 0.2) is 70.5 Å². The predicted molar refractivity (Wildman–Crippen MR) is 142 cm³/mol. The van der Waals surface area contributed by atoms with Crippen molar-refractivity contribution in [1.82, 2.24) is 9.78 Å². The molecule has 0 fully saturated rings. The van der Waals surface area contributed by atoms with Gasteiger partial charge in [-0.25, -0.2) is 14.0 Å². The van der Waals surface area contributed by atoms with Crippen molar-refractivity contribution in [2.45, 2.75) is 19.6 Å². The highest BCUT2D eigenvalue weighted by atomic mass is 19.1. The summed E-state index contributed by atoms with van der Waals surface area (Å²) in [5.41, 5.74) is -0.0683. The highest BCUT2D eigenvalue weighted by Gasteiger charge is 2.36. The fraction of sp³-hybridized carbons (Fsp3) is 0.185. The Morgan fingerprint density at radius 3 is 2.54 bits per heavy atom. The van der Waals surface area contributed by atoms with Crippen LogP contribution < -0.4 is 19.9 Å². The van der Waals surface area contributed by atoms with E-state index in [4.69, 9.17) is 9.47 Å². The molecule has 4 aromatic rings. The van der Waals surface area contributed by atoms with Gasteiger partial charge in [0.1, 0.15) is 29.5 Å². The van der Waals surface area contributed by atoms with Gasteiger partial charge in [-0.2, -0.15) is 5.10 Å². The van der Waals surface area contributed by atoms with Gasteiger partial charge in [0.25, 0.3) is 11.5 Å². The van der Waals surface area contributed by atoms with Crippen LogP contribution in [-0.2, 0) is 11.3 Å². The van der Waals surface area contributed by atoms with Gasteiger partial charge in [-0.3, -0.25) is 14.6 Å². The van der Waals surface area contributed by atoms with Crippen molar-refractivity contribution in [3.63, 3.8) is 0 Å². The van der Waals surface area contributed by atoms with Crippen LogP contribution in [0.25, 0.3) is 22.0 Å². The zero-order valence-corrected chi connectivity index (χ0v) is 21.0. The van der Waals surface area contributed by atoms with Crippen LogP contribution in [0.5, 0.6) is 11.5 Å². The molecule has 11 nitrogen and oxygen atoms in total. The average molecular weight is 537 g/mol. The van der Waals surface area contributed by atoms with Gasteiger partial charge in [0.15, 0.2) is 0 Å². The van der Waals surface area contributed by atoms with Gasteiger partial charge >= 0.3 is 6.10 Å². The SMILES string of the molecule is C=Nc1ccc(N(C(=O)Cn2nc(-c3cccc(F)c3)c3ccc(OCC)cc3c2=O)C(O)(O)O)cc1OC. The lowest BCUT2D eigenvalue weighted by molar-refractivity contribution is -0.306. The molecule has 0 aliphatic carbocycles. The maximum atomic E-state index is 14.1. The molecule has 12 heteroatoms. The number of amides is 1. The highest BCUT2D eigenvalue weighted by Crippen LogP contribution is 2.33. The molecule has 1 aromatic heterocycles. The van der Waals surface area contributed by atoms with Crippen molar-refractivity contribution in [2.24, 2.45) is 4.99 Å². The number of hydrogen-bond donors (Lipinski definition) is 3. The topological polar surface area (TPSA) is 147 Å². The first-order chi connectivity index (χ1) is 18.6. The Labute approximate surface area is 221 Å². The quantitative estimate of drug-likeness (QED) is 0.219. The minimum absolute atomic E-state index is 0.126. The van der Waals surface area contributed by atoms with Gasteiger partial charge in [-0.05, 0) is 56.1 Å². The number of hydrogen-bond acceptors (Lipinski definition) is 9. The number of aliphatic hydroxyl groups is 3.